The first-order valence-corrected chi connectivity index (χ1v) is 9.15. The van der Waals surface area contributed by atoms with Gasteiger partial charge in [-0.05, 0) is 58.9 Å². The van der Waals surface area contributed by atoms with Crippen LogP contribution in [0.4, 0.5) is 5.69 Å². The van der Waals surface area contributed by atoms with Crippen molar-refractivity contribution >= 4 is 17.6 Å². The Hall–Kier alpha value is -3.55. The molecule has 3 rings (SSSR count). The topological polar surface area (TPSA) is 107 Å². The van der Waals surface area contributed by atoms with Crippen LogP contribution >= 0.6 is 0 Å². The Bertz CT molecular complexity index is 1080. The van der Waals surface area contributed by atoms with E-state index in [-0.39, 0.29) is 17.6 Å². The first kappa shape index (κ1) is 20.2. The second kappa shape index (κ2) is 7.83. The van der Waals surface area contributed by atoms with Gasteiger partial charge < -0.3 is 19.7 Å². The maximum Gasteiger partial charge on any atom is 0.335 e. The molecule has 0 spiro atoms. The molecule has 0 aliphatic carbocycles. The van der Waals surface area contributed by atoms with Crippen molar-refractivity contribution in [3.63, 3.8) is 0 Å². The van der Waals surface area contributed by atoms with Gasteiger partial charge in [-0.1, -0.05) is 5.16 Å². The van der Waals surface area contributed by atoms with Gasteiger partial charge in [-0.2, -0.15) is 0 Å². The lowest BCUT2D eigenvalue weighted by atomic mass is 10.1. The number of ether oxygens (including phenoxy) is 1. The van der Waals surface area contributed by atoms with Crippen molar-refractivity contribution in [3.05, 3.63) is 58.6 Å². The number of rotatable bonds is 6. The van der Waals surface area contributed by atoms with Gasteiger partial charge in [-0.3, -0.25) is 9.36 Å². The molecule has 0 aliphatic rings. The van der Waals surface area contributed by atoms with Gasteiger partial charge in [0.15, 0.2) is 5.82 Å². The number of hydrogen-bond donors (Lipinski definition) is 2. The number of carbonyl (C=O) groups excluding carboxylic acids is 1. The minimum atomic E-state index is -1.09. The SMILES string of the molecule is Cc1cc(-n2c(C)cc(C(=O)Nc3cc(C(=O)O)ccc3OC(C)C)c2C)no1. The minimum absolute atomic E-state index is 0.0555. The molecule has 1 aromatic carbocycles. The molecule has 0 radical (unpaired) electrons. The van der Waals surface area contributed by atoms with E-state index >= 15 is 0 Å². The molecule has 0 atom stereocenters. The number of carbonyl (C=O) groups is 2. The molecule has 1 amide bonds. The van der Waals surface area contributed by atoms with Crippen LogP contribution in [0.2, 0.25) is 0 Å². The molecule has 0 unspecified atom stereocenters. The monoisotopic (exact) mass is 397 g/mol. The summed E-state index contributed by atoms with van der Waals surface area (Å²) in [6.07, 6.45) is -0.137. The number of nitrogens with one attached hydrogen (secondary N) is 1. The lowest BCUT2D eigenvalue weighted by Crippen LogP contribution is -2.16. The van der Waals surface area contributed by atoms with Crippen LogP contribution in [-0.2, 0) is 0 Å². The molecular formula is C21H23N3O5. The Balaban J connectivity index is 1.96. The van der Waals surface area contributed by atoms with E-state index in [1.807, 2.05) is 32.3 Å². The van der Waals surface area contributed by atoms with Gasteiger partial charge in [0, 0.05) is 17.5 Å². The number of aromatic nitrogens is 2. The van der Waals surface area contributed by atoms with E-state index in [0.717, 1.165) is 5.69 Å². The summed E-state index contributed by atoms with van der Waals surface area (Å²) in [5, 5.41) is 16.1. The molecule has 0 fully saturated rings. The van der Waals surface area contributed by atoms with Crippen LogP contribution in [0.1, 0.15) is 51.7 Å². The number of nitrogens with zero attached hydrogens (tertiary/aromatic N) is 2. The molecule has 152 valence electrons. The van der Waals surface area contributed by atoms with Crippen LogP contribution < -0.4 is 10.1 Å². The molecule has 8 nitrogen and oxygen atoms in total. The molecule has 29 heavy (non-hydrogen) atoms. The van der Waals surface area contributed by atoms with Crippen molar-refractivity contribution < 1.29 is 24.0 Å². The second-order valence-electron chi connectivity index (χ2n) is 7.05. The number of carboxylic acid groups (broad SMARTS) is 1. The number of aromatic carboxylic acids is 1. The lowest BCUT2D eigenvalue weighted by Gasteiger charge is -2.15. The molecule has 0 saturated carbocycles. The van der Waals surface area contributed by atoms with Crippen molar-refractivity contribution in [1.82, 2.24) is 9.72 Å². The predicted molar refractivity (Wildman–Crippen MR) is 107 cm³/mol. The minimum Gasteiger partial charge on any atom is -0.489 e. The Morgan fingerprint density at radius 1 is 1.17 bits per heavy atom. The number of aryl methyl sites for hydroxylation is 2. The van der Waals surface area contributed by atoms with Gasteiger partial charge in [0.05, 0.1) is 22.9 Å². The zero-order valence-electron chi connectivity index (χ0n) is 16.9. The number of amides is 1. The van der Waals surface area contributed by atoms with Gasteiger partial charge in [0.2, 0.25) is 0 Å². The summed E-state index contributed by atoms with van der Waals surface area (Å²) in [5.41, 5.74) is 2.30. The zero-order chi connectivity index (χ0) is 21.3. The fourth-order valence-electron chi connectivity index (χ4n) is 3.11. The van der Waals surface area contributed by atoms with Crippen molar-refractivity contribution in [2.75, 3.05) is 5.32 Å². The van der Waals surface area contributed by atoms with E-state index in [2.05, 4.69) is 10.5 Å². The average Bonchev–Trinajstić information content (AvgIpc) is 3.18. The van der Waals surface area contributed by atoms with E-state index in [4.69, 9.17) is 9.26 Å². The molecule has 3 aromatic rings. The van der Waals surface area contributed by atoms with E-state index in [1.165, 1.54) is 12.1 Å². The maximum absolute atomic E-state index is 13.0. The Morgan fingerprint density at radius 2 is 1.90 bits per heavy atom. The maximum atomic E-state index is 13.0. The molecule has 0 saturated heterocycles. The van der Waals surface area contributed by atoms with Crippen molar-refractivity contribution in [1.29, 1.82) is 0 Å². The van der Waals surface area contributed by atoms with Crippen LogP contribution in [0, 0.1) is 20.8 Å². The van der Waals surface area contributed by atoms with Crippen molar-refractivity contribution in [2.45, 2.75) is 40.7 Å². The highest BCUT2D eigenvalue weighted by molar-refractivity contribution is 6.06. The molecule has 2 heterocycles. The highest BCUT2D eigenvalue weighted by atomic mass is 16.5. The summed E-state index contributed by atoms with van der Waals surface area (Å²) in [6, 6.07) is 7.90. The highest BCUT2D eigenvalue weighted by Crippen LogP contribution is 2.29. The largest absolute Gasteiger partial charge is 0.489 e. The third-order valence-corrected chi connectivity index (χ3v) is 4.36. The van der Waals surface area contributed by atoms with Crippen LogP contribution in [0.5, 0.6) is 5.75 Å². The number of carboxylic acids is 1. The van der Waals surface area contributed by atoms with Crippen LogP contribution in [-0.4, -0.2) is 32.8 Å². The zero-order valence-corrected chi connectivity index (χ0v) is 16.9. The normalized spacial score (nSPS) is 11.0. The number of anilines is 1. The van der Waals surface area contributed by atoms with Gasteiger partial charge in [-0.15, -0.1) is 0 Å². The lowest BCUT2D eigenvalue weighted by molar-refractivity contribution is 0.0696. The van der Waals surface area contributed by atoms with Crippen LogP contribution in [0.3, 0.4) is 0 Å². The van der Waals surface area contributed by atoms with Gasteiger partial charge in [0.1, 0.15) is 11.5 Å². The smallest absolute Gasteiger partial charge is 0.335 e. The first-order chi connectivity index (χ1) is 13.7. The molecule has 0 aliphatic heterocycles. The van der Waals surface area contributed by atoms with E-state index in [0.29, 0.717) is 34.3 Å². The van der Waals surface area contributed by atoms with Crippen molar-refractivity contribution in [2.24, 2.45) is 0 Å². The van der Waals surface area contributed by atoms with E-state index < -0.39 is 5.97 Å². The van der Waals surface area contributed by atoms with Crippen LogP contribution in [0.15, 0.2) is 34.9 Å². The molecule has 8 heteroatoms. The summed E-state index contributed by atoms with van der Waals surface area (Å²) in [6.45, 7) is 9.18. The molecule has 2 aromatic heterocycles. The fraction of sp³-hybridized carbons (Fsp3) is 0.286. The van der Waals surface area contributed by atoms with E-state index in [9.17, 15) is 14.7 Å². The number of hydrogen-bond acceptors (Lipinski definition) is 5. The third kappa shape index (κ3) is 4.16. The summed E-state index contributed by atoms with van der Waals surface area (Å²) in [4.78, 5) is 24.3. The molecular weight excluding hydrogens is 374 g/mol. The Kier molecular flexibility index (Phi) is 5.45. The molecule has 0 bridgehead atoms. The van der Waals surface area contributed by atoms with Gasteiger partial charge in [-0.25, -0.2) is 4.79 Å². The summed E-state index contributed by atoms with van der Waals surface area (Å²) in [7, 11) is 0. The summed E-state index contributed by atoms with van der Waals surface area (Å²) >= 11 is 0. The fourth-order valence-corrected chi connectivity index (χ4v) is 3.11. The first-order valence-electron chi connectivity index (χ1n) is 9.15. The van der Waals surface area contributed by atoms with Gasteiger partial charge >= 0.3 is 5.97 Å². The molecule has 2 N–H and O–H groups in total. The Labute approximate surface area is 168 Å². The van der Waals surface area contributed by atoms with Crippen molar-refractivity contribution in [3.8, 4) is 11.6 Å². The third-order valence-electron chi connectivity index (χ3n) is 4.36. The quantitative estimate of drug-likeness (QED) is 0.648. The number of benzene rings is 1. The van der Waals surface area contributed by atoms with Crippen LogP contribution in [0.25, 0.3) is 5.82 Å². The standard InChI is InChI=1S/C21H23N3O5/c1-11(2)28-18-7-6-15(21(26)27)10-17(18)22-20(25)16-8-12(3)24(14(16)5)19-9-13(4)29-23-19/h6-11H,1-5H3,(H,22,25)(H,26,27). The summed E-state index contributed by atoms with van der Waals surface area (Å²) in [5.74, 6) is 0.198. The second-order valence-corrected chi connectivity index (χ2v) is 7.05. The average molecular weight is 397 g/mol. The van der Waals surface area contributed by atoms with E-state index in [1.54, 1.807) is 25.1 Å². The highest BCUT2D eigenvalue weighted by Gasteiger charge is 2.20. The predicted octanol–water partition coefficient (Wildman–Crippen LogP) is 4.13. The Morgan fingerprint density at radius 3 is 2.48 bits per heavy atom. The summed E-state index contributed by atoms with van der Waals surface area (Å²) < 4.78 is 12.7. The van der Waals surface area contributed by atoms with Gasteiger partial charge in [0.25, 0.3) is 5.91 Å².